The van der Waals surface area contributed by atoms with Crippen LogP contribution in [0.15, 0.2) is 54.7 Å². The fraction of sp³-hybridized carbons (Fsp3) is 0.158. The van der Waals surface area contributed by atoms with Gasteiger partial charge in [0.15, 0.2) is 11.8 Å². The summed E-state index contributed by atoms with van der Waals surface area (Å²) in [6.07, 6.45) is 0.260. The minimum Gasteiger partial charge on any atom is -0.448 e. The van der Waals surface area contributed by atoms with Crippen molar-refractivity contribution >= 4 is 34.9 Å². The third-order valence-electron chi connectivity index (χ3n) is 4.01. The van der Waals surface area contributed by atoms with Crippen LogP contribution in [0.3, 0.4) is 0 Å². The minimum absolute atomic E-state index is 0.0140. The van der Waals surface area contributed by atoms with Gasteiger partial charge in [0.25, 0.3) is 11.6 Å². The number of anilines is 1. The van der Waals surface area contributed by atoms with E-state index in [4.69, 9.17) is 16.3 Å². The van der Waals surface area contributed by atoms with Gasteiger partial charge in [-0.15, -0.1) is 5.10 Å². The molecule has 0 saturated heterocycles. The number of nitro benzene ring substituents is 1. The summed E-state index contributed by atoms with van der Waals surface area (Å²) >= 11 is 5.95. The molecule has 0 aliphatic rings. The Morgan fingerprint density at radius 3 is 2.67 bits per heavy atom. The summed E-state index contributed by atoms with van der Waals surface area (Å²) in [7, 11) is 0. The summed E-state index contributed by atoms with van der Waals surface area (Å²) in [6.45, 7) is 1.80. The van der Waals surface area contributed by atoms with E-state index < -0.39 is 22.9 Å². The zero-order valence-electron chi connectivity index (χ0n) is 15.7. The van der Waals surface area contributed by atoms with E-state index in [0.717, 1.165) is 11.6 Å². The van der Waals surface area contributed by atoms with Gasteiger partial charge in [0.05, 0.1) is 28.4 Å². The number of halogens is 1. The van der Waals surface area contributed by atoms with Crippen molar-refractivity contribution in [2.45, 2.75) is 19.6 Å². The normalized spacial score (nSPS) is 11.5. The first-order valence-electron chi connectivity index (χ1n) is 8.73. The van der Waals surface area contributed by atoms with Crippen molar-refractivity contribution in [2.24, 2.45) is 0 Å². The number of ether oxygens (including phenoxy) is 1. The first kappa shape index (κ1) is 20.9. The summed E-state index contributed by atoms with van der Waals surface area (Å²) in [6, 6.07) is 13.1. The van der Waals surface area contributed by atoms with Crippen molar-refractivity contribution < 1.29 is 19.2 Å². The van der Waals surface area contributed by atoms with E-state index in [2.05, 4.69) is 15.6 Å². The lowest BCUT2D eigenvalue weighted by atomic mass is 10.2. The van der Waals surface area contributed by atoms with Crippen LogP contribution in [0.4, 0.5) is 11.4 Å². The topological polar surface area (TPSA) is 129 Å². The molecule has 1 aromatic heterocycles. The Bertz CT molecular complexity index is 1090. The van der Waals surface area contributed by atoms with Crippen LogP contribution in [-0.4, -0.2) is 37.9 Å². The van der Waals surface area contributed by atoms with E-state index in [1.54, 1.807) is 0 Å². The van der Waals surface area contributed by atoms with Gasteiger partial charge in [-0.25, -0.2) is 9.48 Å². The van der Waals surface area contributed by atoms with E-state index in [0.29, 0.717) is 6.54 Å². The third-order valence-corrected chi connectivity index (χ3v) is 4.32. The van der Waals surface area contributed by atoms with Gasteiger partial charge in [-0.2, -0.15) is 0 Å². The highest BCUT2D eigenvalue weighted by atomic mass is 35.5. The maximum absolute atomic E-state index is 12.3. The molecule has 10 nitrogen and oxygen atoms in total. The van der Waals surface area contributed by atoms with Gasteiger partial charge in [0, 0.05) is 12.1 Å². The monoisotopic (exact) mass is 429 g/mol. The molecule has 0 aliphatic carbocycles. The van der Waals surface area contributed by atoms with Gasteiger partial charge < -0.3 is 10.1 Å². The van der Waals surface area contributed by atoms with Crippen molar-refractivity contribution in [2.75, 3.05) is 5.32 Å². The summed E-state index contributed by atoms with van der Waals surface area (Å²) in [5, 5.41) is 20.8. The molecule has 2 aromatic carbocycles. The zero-order chi connectivity index (χ0) is 21.7. The van der Waals surface area contributed by atoms with E-state index in [1.165, 1.54) is 29.9 Å². The predicted octanol–water partition coefficient (Wildman–Crippen LogP) is 3.07. The number of amides is 1. The van der Waals surface area contributed by atoms with Crippen LogP contribution in [0.25, 0.3) is 0 Å². The molecule has 30 heavy (non-hydrogen) atoms. The number of hydrogen-bond donors (Lipinski definition) is 1. The molecular weight excluding hydrogens is 414 g/mol. The number of nitrogens with one attached hydrogen (secondary N) is 1. The fourth-order valence-electron chi connectivity index (χ4n) is 2.47. The summed E-state index contributed by atoms with van der Waals surface area (Å²) in [5.74, 6) is -1.47. The van der Waals surface area contributed by atoms with Crippen LogP contribution in [0.5, 0.6) is 0 Å². The zero-order valence-corrected chi connectivity index (χ0v) is 16.4. The quantitative estimate of drug-likeness (QED) is 0.347. The average Bonchev–Trinajstić information content (AvgIpc) is 3.18. The van der Waals surface area contributed by atoms with E-state index >= 15 is 0 Å². The first-order valence-corrected chi connectivity index (χ1v) is 9.11. The van der Waals surface area contributed by atoms with Crippen LogP contribution in [0.2, 0.25) is 5.02 Å². The highest BCUT2D eigenvalue weighted by molar-refractivity contribution is 6.34. The molecule has 1 amide bonds. The molecule has 1 atom stereocenters. The highest BCUT2D eigenvalue weighted by Crippen LogP contribution is 2.26. The molecule has 0 bridgehead atoms. The number of nitrogens with zero attached hydrogens (tertiary/aromatic N) is 4. The molecule has 1 N–H and O–H groups in total. The van der Waals surface area contributed by atoms with Crippen molar-refractivity contribution in [3.63, 3.8) is 0 Å². The number of carbonyl (C=O) groups is 2. The van der Waals surface area contributed by atoms with Gasteiger partial charge in [-0.3, -0.25) is 14.9 Å². The first-order chi connectivity index (χ1) is 14.3. The molecule has 0 saturated carbocycles. The van der Waals surface area contributed by atoms with E-state index in [9.17, 15) is 19.7 Å². The minimum atomic E-state index is -1.16. The molecule has 0 aliphatic heterocycles. The van der Waals surface area contributed by atoms with Crippen LogP contribution in [0, 0.1) is 10.1 Å². The standard InChI is InChI=1S/C19H16ClN5O5/c1-12(18(26)21-16-8-7-14(25(28)29)9-15(16)20)30-19(27)17-11-24(23-22-17)10-13-5-3-2-4-6-13/h2-9,11-12H,10H2,1H3,(H,21,26). The lowest BCUT2D eigenvalue weighted by Gasteiger charge is -2.13. The number of non-ortho nitro benzene ring substituents is 1. The SMILES string of the molecule is CC(OC(=O)c1cn(Cc2ccccc2)nn1)C(=O)Nc1ccc([N+](=O)[O-])cc1Cl. The molecule has 154 valence electrons. The summed E-state index contributed by atoms with van der Waals surface area (Å²) in [4.78, 5) is 34.7. The molecule has 11 heteroatoms. The van der Waals surface area contributed by atoms with Crippen molar-refractivity contribution in [1.29, 1.82) is 0 Å². The Balaban J connectivity index is 1.59. The van der Waals surface area contributed by atoms with E-state index in [1.807, 2.05) is 30.3 Å². The lowest BCUT2D eigenvalue weighted by Crippen LogP contribution is -2.30. The number of esters is 1. The van der Waals surface area contributed by atoms with Crippen molar-refractivity contribution in [3.8, 4) is 0 Å². The second-order valence-electron chi connectivity index (χ2n) is 6.25. The van der Waals surface area contributed by atoms with Crippen LogP contribution >= 0.6 is 11.6 Å². The maximum atomic E-state index is 12.3. The summed E-state index contributed by atoms with van der Waals surface area (Å²) < 4.78 is 6.60. The number of benzene rings is 2. The number of aromatic nitrogens is 3. The Morgan fingerprint density at radius 2 is 2.00 bits per heavy atom. The lowest BCUT2D eigenvalue weighted by molar-refractivity contribution is -0.384. The number of hydrogen-bond acceptors (Lipinski definition) is 7. The van der Waals surface area contributed by atoms with Crippen LogP contribution < -0.4 is 5.32 Å². The molecule has 3 rings (SSSR count). The van der Waals surface area contributed by atoms with Gasteiger partial charge in [0.2, 0.25) is 0 Å². The van der Waals surface area contributed by atoms with Gasteiger partial charge in [-0.05, 0) is 18.6 Å². The van der Waals surface area contributed by atoms with Gasteiger partial charge in [0.1, 0.15) is 0 Å². The average molecular weight is 430 g/mol. The smallest absolute Gasteiger partial charge is 0.361 e. The molecule has 0 radical (unpaired) electrons. The second-order valence-corrected chi connectivity index (χ2v) is 6.65. The van der Waals surface area contributed by atoms with Crippen molar-refractivity contribution in [1.82, 2.24) is 15.0 Å². The molecule has 1 unspecified atom stereocenters. The third kappa shape index (κ3) is 5.17. The number of rotatable bonds is 7. The largest absolute Gasteiger partial charge is 0.448 e. The molecule has 0 spiro atoms. The maximum Gasteiger partial charge on any atom is 0.361 e. The van der Waals surface area contributed by atoms with E-state index in [-0.39, 0.29) is 22.1 Å². The highest BCUT2D eigenvalue weighted by Gasteiger charge is 2.22. The van der Waals surface area contributed by atoms with Gasteiger partial charge >= 0.3 is 5.97 Å². The predicted molar refractivity (Wildman–Crippen MR) is 107 cm³/mol. The Morgan fingerprint density at radius 1 is 1.27 bits per heavy atom. The number of nitro groups is 1. The number of carbonyl (C=O) groups excluding carboxylic acids is 2. The van der Waals surface area contributed by atoms with Crippen LogP contribution in [0.1, 0.15) is 23.0 Å². The Labute approximate surface area is 175 Å². The van der Waals surface area contributed by atoms with Crippen molar-refractivity contribution in [3.05, 3.63) is 81.1 Å². The Hall–Kier alpha value is -3.79. The fourth-order valence-corrected chi connectivity index (χ4v) is 2.69. The van der Waals surface area contributed by atoms with Crippen LogP contribution in [-0.2, 0) is 16.1 Å². The molecule has 3 aromatic rings. The Kier molecular flexibility index (Phi) is 6.38. The molecular formula is C19H16ClN5O5. The second kappa shape index (κ2) is 9.14. The molecule has 0 fully saturated rings. The molecule has 1 heterocycles. The summed E-state index contributed by atoms with van der Waals surface area (Å²) in [5.41, 5.74) is 0.883. The van der Waals surface area contributed by atoms with Gasteiger partial charge in [-0.1, -0.05) is 47.1 Å².